The van der Waals surface area contributed by atoms with E-state index in [-0.39, 0.29) is 5.89 Å². The lowest BCUT2D eigenvalue weighted by atomic mass is 10.3. The molecule has 0 saturated carbocycles. The molecule has 0 aliphatic carbocycles. The molecule has 0 aliphatic heterocycles. The van der Waals surface area contributed by atoms with Crippen molar-refractivity contribution in [2.75, 3.05) is 0 Å². The molecule has 0 amide bonds. The van der Waals surface area contributed by atoms with Crippen molar-refractivity contribution < 1.29 is 27.5 Å². The summed E-state index contributed by atoms with van der Waals surface area (Å²) in [6.45, 7) is 0. The number of hydrogen-bond donors (Lipinski definition) is 1. The number of nitrogens with zero attached hydrogens (tertiary/aromatic N) is 1. The highest BCUT2D eigenvalue weighted by Gasteiger charge is 2.26. The summed E-state index contributed by atoms with van der Waals surface area (Å²) in [5.41, 5.74) is -0.585. The Morgan fingerprint density at radius 1 is 1.50 bits per heavy atom. The molecule has 2 aromatic rings. The summed E-state index contributed by atoms with van der Waals surface area (Å²) in [7, 11) is 0. The molecule has 2 rings (SSSR count). The first-order valence-electron chi connectivity index (χ1n) is 4.14. The molecule has 2 aromatic heterocycles. The normalized spacial score (nSPS) is 10.9. The third kappa shape index (κ3) is 1.67. The SMILES string of the molecule is O=C(O)c1oc(-c2ccoc2)nc1C(F)F. The van der Waals surface area contributed by atoms with Crippen LogP contribution in [0.15, 0.2) is 27.4 Å². The van der Waals surface area contributed by atoms with Crippen LogP contribution in [0.2, 0.25) is 0 Å². The first-order valence-corrected chi connectivity index (χ1v) is 4.14. The topological polar surface area (TPSA) is 76.5 Å². The lowest BCUT2D eigenvalue weighted by Crippen LogP contribution is -1.99. The van der Waals surface area contributed by atoms with Gasteiger partial charge in [0, 0.05) is 0 Å². The largest absolute Gasteiger partial charge is 0.475 e. The Bertz CT molecular complexity index is 504. The summed E-state index contributed by atoms with van der Waals surface area (Å²) < 4.78 is 34.3. The quantitative estimate of drug-likeness (QED) is 0.875. The molecule has 0 bridgehead atoms. The predicted octanol–water partition coefficient (Wildman–Crippen LogP) is 2.57. The van der Waals surface area contributed by atoms with Gasteiger partial charge in [0.15, 0.2) is 5.69 Å². The molecule has 5 nitrogen and oxygen atoms in total. The van der Waals surface area contributed by atoms with Gasteiger partial charge in [-0.3, -0.25) is 0 Å². The van der Waals surface area contributed by atoms with Gasteiger partial charge in [-0.15, -0.1) is 0 Å². The Labute approximate surface area is 87.3 Å². The van der Waals surface area contributed by atoms with Crippen molar-refractivity contribution in [1.82, 2.24) is 4.98 Å². The second-order valence-corrected chi connectivity index (χ2v) is 2.85. The van der Waals surface area contributed by atoms with E-state index in [0.717, 1.165) is 0 Å². The Morgan fingerprint density at radius 2 is 2.25 bits per heavy atom. The predicted molar refractivity (Wildman–Crippen MR) is 46.1 cm³/mol. The van der Waals surface area contributed by atoms with Crippen molar-refractivity contribution in [3.8, 4) is 11.5 Å². The number of halogens is 2. The maximum Gasteiger partial charge on any atom is 0.374 e. The third-order valence-electron chi connectivity index (χ3n) is 1.82. The highest BCUT2D eigenvalue weighted by atomic mass is 19.3. The summed E-state index contributed by atoms with van der Waals surface area (Å²) in [5, 5.41) is 8.63. The van der Waals surface area contributed by atoms with Crippen LogP contribution in [-0.2, 0) is 0 Å². The Kier molecular flexibility index (Phi) is 2.43. The van der Waals surface area contributed by atoms with Crippen molar-refractivity contribution in [3.63, 3.8) is 0 Å². The minimum atomic E-state index is -3.00. The van der Waals surface area contributed by atoms with Crippen LogP contribution in [-0.4, -0.2) is 16.1 Å². The molecular formula is C9H5F2NO4. The smallest absolute Gasteiger partial charge is 0.374 e. The Balaban J connectivity index is 2.51. The van der Waals surface area contributed by atoms with Crippen LogP contribution in [0.5, 0.6) is 0 Å². The molecule has 0 fully saturated rings. The fourth-order valence-electron chi connectivity index (χ4n) is 1.14. The average Bonchev–Trinajstić information content (AvgIpc) is 2.86. The van der Waals surface area contributed by atoms with Crippen LogP contribution in [0.25, 0.3) is 11.5 Å². The van der Waals surface area contributed by atoms with Gasteiger partial charge in [0.2, 0.25) is 11.7 Å². The fourth-order valence-corrected chi connectivity index (χ4v) is 1.14. The molecule has 0 radical (unpaired) electrons. The lowest BCUT2D eigenvalue weighted by molar-refractivity contribution is 0.0647. The first kappa shape index (κ1) is 10.3. The van der Waals surface area contributed by atoms with Crippen LogP contribution in [0.4, 0.5) is 8.78 Å². The van der Waals surface area contributed by atoms with Crippen molar-refractivity contribution in [1.29, 1.82) is 0 Å². The number of aromatic nitrogens is 1. The molecule has 0 saturated heterocycles. The molecule has 2 heterocycles. The molecule has 1 N–H and O–H groups in total. The van der Waals surface area contributed by atoms with Crippen LogP contribution in [0, 0.1) is 0 Å². The molecule has 0 spiro atoms. The van der Waals surface area contributed by atoms with Crippen molar-refractivity contribution in [2.24, 2.45) is 0 Å². The monoisotopic (exact) mass is 229 g/mol. The maximum atomic E-state index is 12.4. The number of carboxylic acids is 1. The van der Waals surface area contributed by atoms with Gasteiger partial charge in [-0.25, -0.2) is 18.6 Å². The van der Waals surface area contributed by atoms with E-state index in [2.05, 4.69) is 4.98 Å². The molecule has 7 heteroatoms. The average molecular weight is 229 g/mol. The second kappa shape index (κ2) is 3.76. The molecular weight excluding hydrogens is 224 g/mol. The Hall–Kier alpha value is -2.18. The van der Waals surface area contributed by atoms with E-state index in [0.29, 0.717) is 5.56 Å². The number of carbonyl (C=O) groups is 1. The zero-order valence-electron chi connectivity index (χ0n) is 7.68. The molecule has 16 heavy (non-hydrogen) atoms. The van der Waals surface area contributed by atoms with Gasteiger partial charge in [-0.1, -0.05) is 0 Å². The van der Waals surface area contributed by atoms with Crippen molar-refractivity contribution >= 4 is 5.97 Å². The zero-order chi connectivity index (χ0) is 11.7. The summed E-state index contributed by atoms with van der Waals surface area (Å²) in [5.74, 6) is -2.65. The number of alkyl halides is 2. The third-order valence-corrected chi connectivity index (χ3v) is 1.82. The van der Waals surface area contributed by atoms with Crippen LogP contribution < -0.4 is 0 Å². The Morgan fingerprint density at radius 3 is 2.69 bits per heavy atom. The number of oxazole rings is 1. The van der Waals surface area contributed by atoms with Gasteiger partial charge in [0.05, 0.1) is 11.8 Å². The molecule has 0 unspecified atom stereocenters. The lowest BCUT2D eigenvalue weighted by Gasteiger charge is -1.91. The van der Waals surface area contributed by atoms with Gasteiger partial charge in [0.25, 0.3) is 6.43 Å². The number of aromatic carboxylic acids is 1. The van der Waals surface area contributed by atoms with Gasteiger partial charge in [-0.05, 0) is 6.07 Å². The number of rotatable bonds is 3. The summed E-state index contributed by atoms with van der Waals surface area (Å²) in [6.07, 6.45) is -0.496. The minimum absolute atomic E-state index is 0.207. The van der Waals surface area contributed by atoms with Gasteiger partial charge < -0.3 is 13.9 Å². The summed E-state index contributed by atoms with van der Waals surface area (Å²) in [6, 6.07) is 1.42. The highest BCUT2D eigenvalue weighted by molar-refractivity contribution is 5.86. The van der Waals surface area contributed by atoms with Gasteiger partial charge in [0.1, 0.15) is 6.26 Å². The standard InChI is InChI=1S/C9H5F2NO4/c10-7(11)5-6(9(13)14)16-8(12-5)4-1-2-15-3-4/h1-3,7H,(H,13,14). The zero-order valence-corrected chi connectivity index (χ0v) is 7.68. The van der Waals surface area contributed by atoms with Crippen molar-refractivity contribution in [3.05, 3.63) is 30.0 Å². The number of hydrogen-bond acceptors (Lipinski definition) is 4. The van der Waals surface area contributed by atoms with E-state index in [1.165, 1.54) is 18.6 Å². The van der Waals surface area contributed by atoms with E-state index in [1.807, 2.05) is 0 Å². The number of carboxylic acid groups (broad SMARTS) is 1. The first-order chi connectivity index (χ1) is 7.59. The second-order valence-electron chi connectivity index (χ2n) is 2.85. The fraction of sp³-hybridized carbons (Fsp3) is 0.111. The molecule has 84 valence electrons. The van der Waals surface area contributed by atoms with Gasteiger partial charge >= 0.3 is 5.97 Å². The van der Waals surface area contributed by atoms with E-state index in [9.17, 15) is 13.6 Å². The van der Waals surface area contributed by atoms with E-state index >= 15 is 0 Å². The van der Waals surface area contributed by atoms with Gasteiger partial charge in [-0.2, -0.15) is 0 Å². The van der Waals surface area contributed by atoms with E-state index in [4.69, 9.17) is 13.9 Å². The van der Waals surface area contributed by atoms with E-state index in [1.54, 1.807) is 0 Å². The summed E-state index contributed by atoms with van der Waals surface area (Å²) >= 11 is 0. The van der Waals surface area contributed by atoms with Crippen LogP contribution in [0.3, 0.4) is 0 Å². The molecule has 0 aromatic carbocycles. The number of furan rings is 1. The molecule has 0 atom stereocenters. The highest BCUT2D eigenvalue weighted by Crippen LogP contribution is 2.28. The van der Waals surface area contributed by atoms with Crippen LogP contribution in [0.1, 0.15) is 22.7 Å². The maximum absolute atomic E-state index is 12.4. The van der Waals surface area contributed by atoms with Crippen molar-refractivity contribution in [2.45, 2.75) is 6.43 Å². The summed E-state index contributed by atoms with van der Waals surface area (Å²) in [4.78, 5) is 14.0. The minimum Gasteiger partial charge on any atom is -0.475 e. The molecule has 0 aliphatic rings. The van der Waals surface area contributed by atoms with E-state index < -0.39 is 23.8 Å². The van der Waals surface area contributed by atoms with Crippen LogP contribution >= 0.6 is 0 Å².